The Morgan fingerprint density at radius 3 is 2.00 bits per heavy atom. The number of piperazine rings is 1. The lowest BCUT2D eigenvalue weighted by molar-refractivity contribution is -0.191. The minimum atomic E-state index is -4.74. The number of likely N-dealkylation sites (tertiary alicyclic amines) is 1. The van der Waals surface area contributed by atoms with Crippen LogP contribution in [0.3, 0.4) is 0 Å². The minimum absolute atomic E-state index is 0.259. The van der Waals surface area contributed by atoms with Crippen molar-refractivity contribution >= 4 is 5.91 Å². The highest BCUT2D eigenvalue weighted by Crippen LogP contribution is 2.34. The number of amides is 1. The van der Waals surface area contributed by atoms with Crippen molar-refractivity contribution in [3.63, 3.8) is 0 Å². The van der Waals surface area contributed by atoms with Gasteiger partial charge >= 0.3 is 12.1 Å². The van der Waals surface area contributed by atoms with E-state index < -0.39 is 12.1 Å². The molecule has 98 valence electrons. The molecular weight excluding hydrogens is 233 g/mol. The molecule has 2 aliphatic heterocycles. The highest BCUT2D eigenvalue weighted by atomic mass is 19.4. The molecule has 0 aromatic heterocycles. The molecule has 2 aliphatic rings. The predicted octanol–water partition coefficient (Wildman–Crippen LogP) is 1.63. The summed E-state index contributed by atoms with van der Waals surface area (Å²) in [6.07, 6.45) is -3.35. The zero-order valence-electron chi connectivity index (χ0n) is 10.00. The molecule has 2 atom stereocenters. The molecule has 0 aromatic carbocycles. The summed E-state index contributed by atoms with van der Waals surface area (Å²) in [7, 11) is 0. The van der Waals surface area contributed by atoms with Crippen LogP contribution in [0.5, 0.6) is 0 Å². The Morgan fingerprint density at radius 1 is 1.18 bits per heavy atom. The first kappa shape index (κ1) is 12.7. The van der Waals surface area contributed by atoms with E-state index in [1.807, 2.05) is 13.8 Å². The molecule has 0 spiro atoms. The molecule has 3 nitrogen and oxygen atoms in total. The minimum Gasteiger partial charge on any atom is -0.326 e. The van der Waals surface area contributed by atoms with Crippen molar-refractivity contribution in [1.82, 2.24) is 9.80 Å². The smallest absolute Gasteiger partial charge is 0.326 e. The van der Waals surface area contributed by atoms with Crippen LogP contribution in [-0.4, -0.2) is 53.1 Å². The summed E-state index contributed by atoms with van der Waals surface area (Å²) in [5.41, 5.74) is 0. The Bertz CT molecular complexity index is 302. The number of carbonyl (C=O) groups is 1. The monoisotopic (exact) mass is 250 g/mol. The van der Waals surface area contributed by atoms with Crippen molar-refractivity contribution in [2.75, 3.05) is 13.1 Å². The van der Waals surface area contributed by atoms with E-state index in [0.717, 1.165) is 4.90 Å². The zero-order chi connectivity index (χ0) is 12.8. The Kier molecular flexibility index (Phi) is 3.10. The number of nitrogens with zero attached hydrogens (tertiary/aromatic N) is 2. The van der Waals surface area contributed by atoms with Gasteiger partial charge in [0.25, 0.3) is 0 Å². The summed E-state index contributed by atoms with van der Waals surface area (Å²) in [5.74, 6) is -1.66. The Hall–Kier alpha value is -0.780. The van der Waals surface area contributed by atoms with Gasteiger partial charge in [0.2, 0.25) is 0 Å². The lowest BCUT2D eigenvalue weighted by Gasteiger charge is -2.42. The van der Waals surface area contributed by atoms with Gasteiger partial charge in [-0.05, 0) is 26.7 Å². The first-order valence-corrected chi connectivity index (χ1v) is 5.94. The Labute approximate surface area is 98.6 Å². The summed E-state index contributed by atoms with van der Waals surface area (Å²) >= 11 is 0. The molecule has 2 heterocycles. The number of rotatable bonds is 1. The molecule has 6 heteroatoms. The van der Waals surface area contributed by atoms with E-state index in [9.17, 15) is 18.0 Å². The van der Waals surface area contributed by atoms with Gasteiger partial charge in [-0.3, -0.25) is 9.69 Å². The lowest BCUT2D eigenvalue weighted by Crippen LogP contribution is -2.59. The molecule has 0 saturated carbocycles. The van der Waals surface area contributed by atoms with Crippen LogP contribution in [0, 0.1) is 0 Å². The molecule has 2 fully saturated rings. The van der Waals surface area contributed by atoms with Gasteiger partial charge in [0.05, 0.1) is 0 Å². The maximum atomic E-state index is 12.5. The van der Waals surface area contributed by atoms with Crippen molar-refractivity contribution in [1.29, 1.82) is 0 Å². The highest BCUT2D eigenvalue weighted by Gasteiger charge is 2.51. The standard InChI is InChI=1S/C11H17F3N2O/c1-7(2)15-5-8-3-4-9(6-15)16(8)10(17)11(12,13)14/h7-9H,3-6H2,1-2H3. The zero-order valence-corrected chi connectivity index (χ0v) is 10.00. The van der Waals surface area contributed by atoms with Crippen LogP contribution >= 0.6 is 0 Å². The second-order valence-corrected chi connectivity index (χ2v) is 5.14. The third-order valence-electron chi connectivity index (χ3n) is 3.72. The molecule has 2 rings (SSSR count). The molecular formula is C11H17F3N2O. The van der Waals surface area contributed by atoms with Gasteiger partial charge in [-0.2, -0.15) is 13.2 Å². The number of hydrogen-bond acceptors (Lipinski definition) is 2. The van der Waals surface area contributed by atoms with Crippen LogP contribution in [0.2, 0.25) is 0 Å². The maximum absolute atomic E-state index is 12.5. The molecule has 0 radical (unpaired) electrons. The van der Waals surface area contributed by atoms with Crippen molar-refractivity contribution in [2.45, 2.75) is 51.0 Å². The van der Waals surface area contributed by atoms with Crippen LogP contribution < -0.4 is 0 Å². The van der Waals surface area contributed by atoms with E-state index in [1.54, 1.807) is 0 Å². The Morgan fingerprint density at radius 2 is 1.65 bits per heavy atom. The fraction of sp³-hybridized carbons (Fsp3) is 0.909. The second kappa shape index (κ2) is 4.15. The van der Waals surface area contributed by atoms with Crippen LogP contribution in [-0.2, 0) is 4.79 Å². The van der Waals surface area contributed by atoms with E-state index in [0.29, 0.717) is 32.0 Å². The normalized spacial score (nSPS) is 30.1. The van der Waals surface area contributed by atoms with Crippen LogP contribution in [0.15, 0.2) is 0 Å². The molecule has 2 saturated heterocycles. The van der Waals surface area contributed by atoms with E-state index >= 15 is 0 Å². The third kappa shape index (κ3) is 2.27. The van der Waals surface area contributed by atoms with Gasteiger partial charge in [-0.15, -0.1) is 0 Å². The number of hydrogen-bond donors (Lipinski definition) is 0. The van der Waals surface area contributed by atoms with Crippen molar-refractivity contribution in [3.05, 3.63) is 0 Å². The summed E-state index contributed by atoms with van der Waals surface area (Å²) in [6.45, 7) is 5.19. The third-order valence-corrected chi connectivity index (χ3v) is 3.72. The van der Waals surface area contributed by atoms with Crippen molar-refractivity contribution < 1.29 is 18.0 Å². The van der Waals surface area contributed by atoms with Crippen LogP contribution in [0.1, 0.15) is 26.7 Å². The van der Waals surface area contributed by atoms with E-state index in [2.05, 4.69) is 4.90 Å². The van der Waals surface area contributed by atoms with Gasteiger partial charge in [0.15, 0.2) is 0 Å². The topological polar surface area (TPSA) is 23.6 Å². The van der Waals surface area contributed by atoms with Gasteiger partial charge in [-0.1, -0.05) is 0 Å². The van der Waals surface area contributed by atoms with Gasteiger partial charge in [-0.25, -0.2) is 0 Å². The molecule has 0 aliphatic carbocycles. The average Bonchev–Trinajstić information content (AvgIpc) is 2.45. The van der Waals surface area contributed by atoms with Gasteiger partial charge in [0.1, 0.15) is 0 Å². The molecule has 0 N–H and O–H groups in total. The van der Waals surface area contributed by atoms with Crippen molar-refractivity contribution in [2.24, 2.45) is 0 Å². The number of carbonyl (C=O) groups excluding carboxylic acids is 1. The fourth-order valence-corrected chi connectivity index (χ4v) is 2.84. The van der Waals surface area contributed by atoms with E-state index in [1.165, 1.54) is 0 Å². The Balaban J connectivity index is 2.12. The predicted molar refractivity (Wildman–Crippen MR) is 56.4 cm³/mol. The molecule has 0 aromatic rings. The molecule has 17 heavy (non-hydrogen) atoms. The number of halogens is 3. The molecule has 2 bridgehead atoms. The summed E-state index contributed by atoms with van der Waals surface area (Å²) in [4.78, 5) is 14.6. The van der Waals surface area contributed by atoms with Crippen LogP contribution in [0.4, 0.5) is 13.2 Å². The van der Waals surface area contributed by atoms with Gasteiger partial charge in [0, 0.05) is 31.2 Å². The summed E-state index contributed by atoms with van der Waals surface area (Å²) in [5, 5.41) is 0. The number of alkyl halides is 3. The molecule has 1 amide bonds. The largest absolute Gasteiger partial charge is 0.471 e. The summed E-state index contributed by atoms with van der Waals surface area (Å²) in [6, 6.07) is -0.197. The first-order chi connectivity index (χ1) is 7.80. The fourth-order valence-electron chi connectivity index (χ4n) is 2.84. The highest BCUT2D eigenvalue weighted by molar-refractivity contribution is 5.83. The van der Waals surface area contributed by atoms with E-state index in [-0.39, 0.29) is 12.1 Å². The van der Waals surface area contributed by atoms with Crippen LogP contribution in [0.25, 0.3) is 0 Å². The first-order valence-electron chi connectivity index (χ1n) is 5.94. The molecule has 2 unspecified atom stereocenters. The van der Waals surface area contributed by atoms with Gasteiger partial charge < -0.3 is 4.90 Å². The second-order valence-electron chi connectivity index (χ2n) is 5.14. The van der Waals surface area contributed by atoms with Crippen molar-refractivity contribution in [3.8, 4) is 0 Å². The van der Waals surface area contributed by atoms with E-state index in [4.69, 9.17) is 0 Å². The maximum Gasteiger partial charge on any atom is 0.471 e. The SMILES string of the molecule is CC(C)N1CC2CCC(C1)N2C(=O)C(F)(F)F. The quantitative estimate of drug-likeness (QED) is 0.706. The average molecular weight is 250 g/mol. The number of fused-ring (bicyclic) bond motifs is 2. The summed E-state index contributed by atoms with van der Waals surface area (Å²) < 4.78 is 37.4. The lowest BCUT2D eigenvalue weighted by atomic mass is 10.1.